The lowest BCUT2D eigenvalue weighted by Crippen LogP contribution is -2.45. The predicted molar refractivity (Wildman–Crippen MR) is 97.7 cm³/mol. The highest BCUT2D eigenvalue weighted by Gasteiger charge is 2.30. The number of carbonyl (C=O) groups excluding carboxylic acids is 2. The van der Waals surface area contributed by atoms with Crippen molar-refractivity contribution in [3.05, 3.63) is 48.3 Å². The molecule has 2 N–H and O–H groups in total. The Balaban J connectivity index is 1.83. The highest BCUT2D eigenvalue weighted by molar-refractivity contribution is 6.00. The molecule has 1 aliphatic rings. The third-order valence-electron chi connectivity index (χ3n) is 4.22. The average molecular weight is 339 g/mol. The van der Waals surface area contributed by atoms with Gasteiger partial charge >= 0.3 is 6.03 Å². The molecule has 0 spiro atoms. The summed E-state index contributed by atoms with van der Waals surface area (Å²) in [4.78, 5) is 32.7. The van der Waals surface area contributed by atoms with Crippen molar-refractivity contribution < 1.29 is 9.59 Å². The van der Waals surface area contributed by atoms with Crippen LogP contribution in [0.4, 0.5) is 21.9 Å². The molecule has 1 aliphatic heterocycles. The lowest BCUT2D eigenvalue weighted by Gasteiger charge is -2.26. The molecule has 1 atom stereocenters. The SMILES string of the molecule is CC1C(=O)Nc2ccccc2CN1C(=O)Nc1cncc(N(C)C)c1. The molecule has 1 unspecified atom stereocenters. The van der Waals surface area contributed by atoms with Gasteiger partial charge in [0, 0.05) is 19.8 Å². The summed E-state index contributed by atoms with van der Waals surface area (Å²) in [6.45, 7) is 2.07. The molecule has 3 amide bonds. The Labute approximate surface area is 146 Å². The first-order valence-electron chi connectivity index (χ1n) is 8.04. The molecule has 130 valence electrons. The number of rotatable bonds is 2. The third-order valence-corrected chi connectivity index (χ3v) is 4.22. The van der Waals surface area contributed by atoms with E-state index in [0.29, 0.717) is 12.2 Å². The zero-order valence-electron chi connectivity index (χ0n) is 14.5. The summed E-state index contributed by atoms with van der Waals surface area (Å²) >= 11 is 0. The monoisotopic (exact) mass is 339 g/mol. The molecular formula is C18H21N5O2. The summed E-state index contributed by atoms with van der Waals surface area (Å²) in [5.74, 6) is -0.208. The Bertz CT molecular complexity index is 806. The van der Waals surface area contributed by atoms with E-state index in [9.17, 15) is 9.59 Å². The lowest BCUT2D eigenvalue weighted by atomic mass is 10.1. The summed E-state index contributed by atoms with van der Waals surface area (Å²) in [5.41, 5.74) is 3.10. The Morgan fingerprint density at radius 3 is 2.84 bits per heavy atom. The van der Waals surface area contributed by atoms with Gasteiger partial charge in [0.05, 0.1) is 30.3 Å². The van der Waals surface area contributed by atoms with Gasteiger partial charge < -0.3 is 20.4 Å². The Hall–Kier alpha value is -3.09. The average Bonchev–Trinajstić information content (AvgIpc) is 2.72. The van der Waals surface area contributed by atoms with Crippen molar-refractivity contribution in [3.8, 4) is 0 Å². The number of amides is 3. The predicted octanol–water partition coefficient (Wildman–Crippen LogP) is 2.52. The summed E-state index contributed by atoms with van der Waals surface area (Å²) < 4.78 is 0. The van der Waals surface area contributed by atoms with Gasteiger partial charge in [-0.3, -0.25) is 9.78 Å². The van der Waals surface area contributed by atoms with Crippen molar-refractivity contribution >= 4 is 29.0 Å². The Morgan fingerprint density at radius 2 is 2.08 bits per heavy atom. The van der Waals surface area contributed by atoms with E-state index in [1.807, 2.05) is 49.3 Å². The fraction of sp³-hybridized carbons (Fsp3) is 0.278. The van der Waals surface area contributed by atoms with E-state index in [1.54, 1.807) is 19.3 Å². The van der Waals surface area contributed by atoms with Gasteiger partial charge in [-0.25, -0.2) is 4.79 Å². The van der Waals surface area contributed by atoms with Gasteiger partial charge in [0.1, 0.15) is 6.04 Å². The lowest BCUT2D eigenvalue weighted by molar-refractivity contribution is -0.119. The van der Waals surface area contributed by atoms with Crippen LogP contribution >= 0.6 is 0 Å². The van der Waals surface area contributed by atoms with Crippen LogP contribution in [-0.4, -0.2) is 42.0 Å². The zero-order chi connectivity index (χ0) is 18.0. The maximum atomic E-state index is 12.8. The first kappa shape index (κ1) is 16.8. The second-order valence-corrected chi connectivity index (χ2v) is 6.21. The number of aromatic nitrogens is 1. The number of hydrogen-bond donors (Lipinski definition) is 2. The van der Waals surface area contributed by atoms with Gasteiger partial charge in [0.25, 0.3) is 0 Å². The molecule has 2 aromatic rings. The number of para-hydroxylation sites is 1. The smallest absolute Gasteiger partial charge is 0.322 e. The number of benzene rings is 1. The molecule has 0 bridgehead atoms. The van der Waals surface area contributed by atoms with Crippen molar-refractivity contribution in [2.75, 3.05) is 29.6 Å². The van der Waals surface area contributed by atoms with E-state index in [2.05, 4.69) is 15.6 Å². The minimum Gasteiger partial charge on any atom is -0.376 e. The van der Waals surface area contributed by atoms with Crippen LogP contribution < -0.4 is 15.5 Å². The molecule has 2 heterocycles. The van der Waals surface area contributed by atoms with Gasteiger partial charge in [-0.1, -0.05) is 18.2 Å². The Morgan fingerprint density at radius 1 is 1.32 bits per heavy atom. The fourth-order valence-corrected chi connectivity index (χ4v) is 2.66. The van der Waals surface area contributed by atoms with E-state index in [0.717, 1.165) is 16.9 Å². The number of urea groups is 1. The van der Waals surface area contributed by atoms with Crippen LogP contribution in [0.25, 0.3) is 0 Å². The second-order valence-electron chi connectivity index (χ2n) is 6.21. The largest absolute Gasteiger partial charge is 0.376 e. The summed E-state index contributed by atoms with van der Waals surface area (Å²) in [5, 5.41) is 5.70. The van der Waals surface area contributed by atoms with Crippen molar-refractivity contribution in [1.29, 1.82) is 0 Å². The van der Waals surface area contributed by atoms with Crippen LogP contribution in [0.5, 0.6) is 0 Å². The van der Waals surface area contributed by atoms with E-state index >= 15 is 0 Å². The highest BCUT2D eigenvalue weighted by atomic mass is 16.2. The van der Waals surface area contributed by atoms with Crippen LogP contribution in [0.2, 0.25) is 0 Å². The molecule has 0 saturated heterocycles. The highest BCUT2D eigenvalue weighted by Crippen LogP contribution is 2.24. The molecule has 1 aromatic carbocycles. The van der Waals surface area contributed by atoms with Crippen LogP contribution in [0.15, 0.2) is 42.7 Å². The van der Waals surface area contributed by atoms with Crippen LogP contribution in [0.1, 0.15) is 12.5 Å². The summed E-state index contributed by atoms with van der Waals surface area (Å²) in [6, 6.07) is 8.41. The number of nitrogens with one attached hydrogen (secondary N) is 2. The van der Waals surface area contributed by atoms with Gasteiger partial charge in [-0.05, 0) is 24.6 Å². The standard InChI is InChI=1S/C18H21N5O2/c1-12-17(24)21-16-7-5-4-6-13(16)11-23(12)18(25)20-14-8-15(22(2)3)10-19-9-14/h4-10,12H,11H2,1-3H3,(H,20,25)(H,21,24). The normalized spacial score (nSPS) is 16.5. The molecule has 0 saturated carbocycles. The third kappa shape index (κ3) is 3.55. The van der Waals surface area contributed by atoms with Gasteiger partial charge in [-0.15, -0.1) is 0 Å². The number of nitrogens with zero attached hydrogens (tertiary/aromatic N) is 3. The second kappa shape index (κ2) is 6.80. The summed E-state index contributed by atoms with van der Waals surface area (Å²) in [6.07, 6.45) is 3.30. The van der Waals surface area contributed by atoms with Crippen LogP contribution in [0, 0.1) is 0 Å². The first-order chi connectivity index (χ1) is 12.0. The number of anilines is 3. The zero-order valence-corrected chi connectivity index (χ0v) is 14.5. The fourth-order valence-electron chi connectivity index (χ4n) is 2.66. The molecule has 25 heavy (non-hydrogen) atoms. The minimum atomic E-state index is -0.586. The topological polar surface area (TPSA) is 77.6 Å². The van der Waals surface area contributed by atoms with Crippen LogP contribution in [0.3, 0.4) is 0 Å². The maximum absolute atomic E-state index is 12.8. The van der Waals surface area contributed by atoms with E-state index in [4.69, 9.17) is 0 Å². The number of hydrogen-bond acceptors (Lipinski definition) is 4. The van der Waals surface area contributed by atoms with Crippen LogP contribution in [-0.2, 0) is 11.3 Å². The number of carbonyl (C=O) groups is 2. The molecule has 0 fully saturated rings. The molecule has 0 aliphatic carbocycles. The number of pyridine rings is 1. The minimum absolute atomic E-state index is 0.208. The van der Waals surface area contributed by atoms with E-state index < -0.39 is 6.04 Å². The number of fused-ring (bicyclic) bond motifs is 1. The van der Waals surface area contributed by atoms with E-state index in [1.165, 1.54) is 4.90 Å². The quantitative estimate of drug-likeness (QED) is 0.881. The Kier molecular flexibility index (Phi) is 4.56. The van der Waals surface area contributed by atoms with Gasteiger partial charge in [0.15, 0.2) is 0 Å². The van der Waals surface area contributed by atoms with Crippen molar-refractivity contribution in [1.82, 2.24) is 9.88 Å². The molecule has 1 aromatic heterocycles. The molecule has 3 rings (SSSR count). The summed E-state index contributed by atoms with van der Waals surface area (Å²) in [7, 11) is 3.81. The maximum Gasteiger partial charge on any atom is 0.322 e. The van der Waals surface area contributed by atoms with Crippen molar-refractivity contribution in [3.63, 3.8) is 0 Å². The van der Waals surface area contributed by atoms with Gasteiger partial charge in [0.2, 0.25) is 5.91 Å². The molecule has 0 radical (unpaired) electrons. The van der Waals surface area contributed by atoms with E-state index in [-0.39, 0.29) is 11.9 Å². The van der Waals surface area contributed by atoms with Gasteiger partial charge in [-0.2, -0.15) is 0 Å². The molecule has 7 nitrogen and oxygen atoms in total. The first-order valence-corrected chi connectivity index (χ1v) is 8.04. The van der Waals surface area contributed by atoms with Crippen molar-refractivity contribution in [2.24, 2.45) is 0 Å². The van der Waals surface area contributed by atoms with Crippen molar-refractivity contribution in [2.45, 2.75) is 19.5 Å². The molecule has 7 heteroatoms. The molecular weight excluding hydrogens is 318 g/mol.